The molecule has 0 unspecified atom stereocenters. The largest absolute Gasteiger partial charge is 0.374 e. The lowest BCUT2D eigenvalue weighted by atomic mass is 10.0. The minimum absolute atomic E-state index is 0.140. The molecular formula is C19H21N3O. The highest BCUT2D eigenvalue weighted by atomic mass is 16.2. The standard InChI is InChI=1S/C19H21N3O/c1-13(2)17-9-4-5-10-18(17)21-14(3)19(23)22-16-8-6-7-15(11-16)12-20/h4-11,13-14,21H,1-3H3,(H,22,23)/t14-/m1/s1. The molecule has 118 valence electrons. The Kier molecular flexibility index (Phi) is 5.37. The molecule has 0 fully saturated rings. The van der Waals surface area contributed by atoms with Gasteiger partial charge in [-0.05, 0) is 42.7 Å². The van der Waals surface area contributed by atoms with Gasteiger partial charge in [0.1, 0.15) is 6.04 Å². The van der Waals surface area contributed by atoms with E-state index in [0.717, 1.165) is 5.69 Å². The van der Waals surface area contributed by atoms with Crippen LogP contribution in [0.25, 0.3) is 0 Å². The first-order valence-corrected chi connectivity index (χ1v) is 7.67. The summed E-state index contributed by atoms with van der Waals surface area (Å²) in [5, 5.41) is 15.0. The van der Waals surface area contributed by atoms with E-state index in [-0.39, 0.29) is 11.9 Å². The fourth-order valence-electron chi connectivity index (χ4n) is 2.35. The Morgan fingerprint density at radius 1 is 1.09 bits per heavy atom. The van der Waals surface area contributed by atoms with Crippen molar-refractivity contribution in [2.24, 2.45) is 0 Å². The van der Waals surface area contributed by atoms with Crippen LogP contribution in [0.4, 0.5) is 11.4 Å². The van der Waals surface area contributed by atoms with Gasteiger partial charge in [0.15, 0.2) is 0 Å². The molecule has 4 heteroatoms. The van der Waals surface area contributed by atoms with Gasteiger partial charge in [-0.2, -0.15) is 5.26 Å². The fourth-order valence-corrected chi connectivity index (χ4v) is 2.35. The summed E-state index contributed by atoms with van der Waals surface area (Å²) >= 11 is 0. The van der Waals surface area contributed by atoms with Gasteiger partial charge in [-0.1, -0.05) is 38.1 Å². The van der Waals surface area contributed by atoms with Crippen LogP contribution >= 0.6 is 0 Å². The van der Waals surface area contributed by atoms with Gasteiger partial charge in [0.2, 0.25) is 5.91 Å². The highest BCUT2D eigenvalue weighted by Gasteiger charge is 2.15. The molecule has 0 heterocycles. The van der Waals surface area contributed by atoms with Crippen LogP contribution in [0.5, 0.6) is 0 Å². The highest BCUT2D eigenvalue weighted by molar-refractivity contribution is 5.96. The molecule has 23 heavy (non-hydrogen) atoms. The number of anilines is 2. The number of carbonyl (C=O) groups is 1. The third-order valence-corrected chi connectivity index (χ3v) is 3.61. The average Bonchev–Trinajstić information content (AvgIpc) is 2.55. The maximum Gasteiger partial charge on any atom is 0.246 e. The van der Waals surface area contributed by atoms with Crippen molar-refractivity contribution >= 4 is 17.3 Å². The molecule has 0 saturated heterocycles. The predicted molar refractivity (Wildman–Crippen MR) is 93.4 cm³/mol. The predicted octanol–water partition coefficient (Wildman–Crippen LogP) is 4.12. The molecular weight excluding hydrogens is 286 g/mol. The van der Waals surface area contributed by atoms with Crippen molar-refractivity contribution < 1.29 is 4.79 Å². The first kappa shape index (κ1) is 16.6. The monoisotopic (exact) mass is 307 g/mol. The fraction of sp³-hybridized carbons (Fsp3) is 0.263. The number of hydrogen-bond acceptors (Lipinski definition) is 3. The van der Waals surface area contributed by atoms with Crippen LogP contribution < -0.4 is 10.6 Å². The topological polar surface area (TPSA) is 64.9 Å². The van der Waals surface area contributed by atoms with Crippen molar-refractivity contribution in [3.05, 3.63) is 59.7 Å². The van der Waals surface area contributed by atoms with Gasteiger partial charge in [-0.15, -0.1) is 0 Å². The summed E-state index contributed by atoms with van der Waals surface area (Å²) in [6.45, 7) is 6.07. The molecule has 0 spiro atoms. The Bertz CT molecular complexity index is 731. The third-order valence-electron chi connectivity index (χ3n) is 3.61. The number of para-hydroxylation sites is 1. The summed E-state index contributed by atoms with van der Waals surface area (Å²) in [5.74, 6) is 0.236. The van der Waals surface area contributed by atoms with Crippen LogP contribution in [-0.2, 0) is 4.79 Å². The molecule has 2 rings (SSSR count). The Labute approximate surface area is 137 Å². The average molecular weight is 307 g/mol. The van der Waals surface area contributed by atoms with Crippen LogP contribution in [0.3, 0.4) is 0 Å². The second-order valence-corrected chi connectivity index (χ2v) is 5.79. The van der Waals surface area contributed by atoms with Crippen molar-refractivity contribution in [3.63, 3.8) is 0 Å². The molecule has 0 aliphatic carbocycles. The van der Waals surface area contributed by atoms with E-state index >= 15 is 0 Å². The van der Waals surface area contributed by atoms with E-state index in [4.69, 9.17) is 5.26 Å². The summed E-state index contributed by atoms with van der Waals surface area (Å²) in [7, 11) is 0. The van der Waals surface area contributed by atoms with Crippen molar-refractivity contribution in [3.8, 4) is 6.07 Å². The Hall–Kier alpha value is -2.80. The van der Waals surface area contributed by atoms with E-state index in [9.17, 15) is 4.79 Å². The summed E-state index contributed by atoms with van der Waals surface area (Å²) in [6.07, 6.45) is 0. The molecule has 2 aromatic rings. The van der Waals surface area contributed by atoms with E-state index in [1.165, 1.54) is 5.56 Å². The van der Waals surface area contributed by atoms with Crippen molar-refractivity contribution in [1.82, 2.24) is 0 Å². The SMILES string of the molecule is CC(C)c1ccccc1N[C@H](C)C(=O)Nc1cccc(C#N)c1. The lowest BCUT2D eigenvalue weighted by Crippen LogP contribution is -2.32. The molecule has 2 N–H and O–H groups in total. The van der Waals surface area contributed by atoms with Crippen molar-refractivity contribution in [1.29, 1.82) is 5.26 Å². The molecule has 0 aromatic heterocycles. The van der Waals surface area contributed by atoms with E-state index < -0.39 is 0 Å². The Balaban J connectivity index is 2.07. The lowest BCUT2D eigenvalue weighted by molar-refractivity contribution is -0.116. The summed E-state index contributed by atoms with van der Waals surface area (Å²) < 4.78 is 0. The highest BCUT2D eigenvalue weighted by Crippen LogP contribution is 2.24. The van der Waals surface area contributed by atoms with Gasteiger partial charge in [-0.3, -0.25) is 4.79 Å². The maximum absolute atomic E-state index is 12.3. The molecule has 0 aliphatic heterocycles. The smallest absolute Gasteiger partial charge is 0.246 e. The van der Waals surface area contributed by atoms with E-state index in [1.807, 2.05) is 25.1 Å². The van der Waals surface area contributed by atoms with Gasteiger partial charge in [-0.25, -0.2) is 0 Å². The van der Waals surface area contributed by atoms with Gasteiger partial charge < -0.3 is 10.6 Å². The number of benzene rings is 2. The minimum atomic E-state index is -0.388. The van der Waals surface area contributed by atoms with Crippen molar-refractivity contribution in [2.75, 3.05) is 10.6 Å². The van der Waals surface area contributed by atoms with Crippen LogP contribution in [0.15, 0.2) is 48.5 Å². The second kappa shape index (κ2) is 7.46. The van der Waals surface area contributed by atoms with Gasteiger partial charge >= 0.3 is 0 Å². The molecule has 1 atom stereocenters. The van der Waals surface area contributed by atoms with Crippen molar-refractivity contribution in [2.45, 2.75) is 32.7 Å². The lowest BCUT2D eigenvalue weighted by Gasteiger charge is -2.19. The molecule has 1 amide bonds. The molecule has 0 saturated carbocycles. The van der Waals surface area contributed by atoms with E-state index in [1.54, 1.807) is 24.3 Å². The first-order valence-electron chi connectivity index (χ1n) is 7.67. The number of nitrogens with zero attached hydrogens (tertiary/aromatic N) is 1. The molecule has 0 bridgehead atoms. The van der Waals surface area contributed by atoms with Crippen LogP contribution in [0.2, 0.25) is 0 Å². The third kappa shape index (κ3) is 4.33. The number of nitriles is 1. The minimum Gasteiger partial charge on any atom is -0.374 e. The van der Waals surface area contributed by atoms with Gasteiger partial charge in [0.05, 0.1) is 11.6 Å². The number of nitrogens with one attached hydrogen (secondary N) is 2. The number of amides is 1. The zero-order chi connectivity index (χ0) is 16.8. The quantitative estimate of drug-likeness (QED) is 0.873. The van der Waals surface area contributed by atoms with E-state index in [2.05, 4.69) is 36.6 Å². The van der Waals surface area contributed by atoms with Gasteiger partial charge in [0, 0.05) is 11.4 Å². The molecule has 4 nitrogen and oxygen atoms in total. The Morgan fingerprint density at radius 3 is 2.52 bits per heavy atom. The first-order chi connectivity index (χ1) is 11.0. The summed E-state index contributed by atoms with van der Waals surface area (Å²) in [6, 6.07) is 16.6. The van der Waals surface area contributed by atoms with E-state index in [0.29, 0.717) is 17.2 Å². The van der Waals surface area contributed by atoms with Crippen LogP contribution in [0, 0.1) is 11.3 Å². The maximum atomic E-state index is 12.3. The molecule has 0 radical (unpaired) electrons. The van der Waals surface area contributed by atoms with Crippen LogP contribution in [0.1, 0.15) is 37.8 Å². The normalized spacial score (nSPS) is 11.6. The number of rotatable bonds is 5. The van der Waals surface area contributed by atoms with Crippen LogP contribution in [-0.4, -0.2) is 11.9 Å². The zero-order valence-corrected chi connectivity index (χ0v) is 13.6. The summed E-state index contributed by atoms with van der Waals surface area (Å²) in [5.41, 5.74) is 3.29. The zero-order valence-electron chi connectivity index (χ0n) is 13.6. The number of carbonyl (C=O) groups excluding carboxylic acids is 1. The molecule has 0 aliphatic rings. The molecule has 2 aromatic carbocycles. The van der Waals surface area contributed by atoms with Gasteiger partial charge in [0.25, 0.3) is 0 Å². The second-order valence-electron chi connectivity index (χ2n) is 5.79. The Morgan fingerprint density at radius 2 is 1.83 bits per heavy atom. The number of hydrogen-bond donors (Lipinski definition) is 2. The summed E-state index contributed by atoms with van der Waals surface area (Å²) in [4.78, 5) is 12.3.